The number of rotatable bonds is 6. The molecule has 1 aromatic rings. The van der Waals surface area contributed by atoms with Crippen LogP contribution in [0.4, 0.5) is 0 Å². The molecule has 0 saturated heterocycles. The van der Waals surface area contributed by atoms with Crippen molar-refractivity contribution in [2.45, 2.75) is 58.5 Å². The smallest absolute Gasteiger partial charge is 0.338 e. The van der Waals surface area contributed by atoms with Crippen molar-refractivity contribution >= 4 is 11.9 Å². The zero-order valence-electron chi connectivity index (χ0n) is 13.3. The van der Waals surface area contributed by atoms with Gasteiger partial charge < -0.3 is 9.84 Å². The lowest BCUT2D eigenvalue weighted by atomic mass is 9.79. The van der Waals surface area contributed by atoms with Gasteiger partial charge in [0.1, 0.15) is 11.5 Å². The van der Waals surface area contributed by atoms with Gasteiger partial charge in [-0.15, -0.1) is 0 Å². The molecule has 0 aliphatic heterocycles. The van der Waals surface area contributed by atoms with Crippen molar-refractivity contribution in [1.82, 2.24) is 0 Å². The number of carboxylic acids is 1. The molecule has 0 bridgehead atoms. The lowest BCUT2D eigenvalue weighted by molar-refractivity contribution is -0.155. The average Bonchev–Trinajstić information content (AvgIpc) is 2.89. The summed E-state index contributed by atoms with van der Waals surface area (Å²) in [6, 6.07) is 7.23. The monoisotopic (exact) mass is 304 g/mol. The van der Waals surface area contributed by atoms with Crippen LogP contribution in [-0.4, -0.2) is 23.1 Å². The molecule has 22 heavy (non-hydrogen) atoms. The van der Waals surface area contributed by atoms with Crippen molar-refractivity contribution in [2.75, 3.05) is 0 Å². The predicted octanol–water partition coefficient (Wildman–Crippen LogP) is 3.97. The maximum Gasteiger partial charge on any atom is 0.338 e. The van der Waals surface area contributed by atoms with Crippen molar-refractivity contribution in [3.63, 3.8) is 0 Å². The first-order chi connectivity index (χ1) is 10.5. The van der Waals surface area contributed by atoms with Gasteiger partial charge in [-0.3, -0.25) is 4.79 Å². The summed E-state index contributed by atoms with van der Waals surface area (Å²) in [5.41, 5.74) is 0.457. The zero-order valence-corrected chi connectivity index (χ0v) is 13.3. The number of unbranched alkanes of at least 4 members (excludes halogenated alkanes) is 1. The highest BCUT2D eigenvalue weighted by Gasteiger charge is 2.51. The fourth-order valence-electron chi connectivity index (χ4n) is 3.34. The Morgan fingerprint density at radius 2 is 2.09 bits per heavy atom. The maximum absolute atomic E-state index is 12.4. The first-order valence-corrected chi connectivity index (χ1v) is 8.01. The number of hydrogen-bond acceptors (Lipinski definition) is 3. The Morgan fingerprint density at radius 1 is 1.36 bits per heavy atom. The van der Waals surface area contributed by atoms with Crippen LogP contribution in [0.2, 0.25) is 0 Å². The maximum atomic E-state index is 12.4. The van der Waals surface area contributed by atoms with E-state index in [9.17, 15) is 14.7 Å². The van der Waals surface area contributed by atoms with E-state index in [0.29, 0.717) is 24.8 Å². The Balaban J connectivity index is 2.18. The summed E-state index contributed by atoms with van der Waals surface area (Å²) >= 11 is 0. The lowest BCUT2D eigenvalue weighted by Crippen LogP contribution is -2.41. The Hall–Kier alpha value is -1.84. The molecule has 1 aliphatic rings. The molecule has 4 heteroatoms. The molecule has 1 N–H and O–H groups in total. The highest BCUT2D eigenvalue weighted by molar-refractivity contribution is 5.91. The van der Waals surface area contributed by atoms with E-state index in [0.717, 1.165) is 24.8 Å². The Morgan fingerprint density at radius 3 is 2.73 bits per heavy atom. The molecule has 1 aliphatic carbocycles. The average molecular weight is 304 g/mol. The predicted molar refractivity (Wildman–Crippen MR) is 83.8 cm³/mol. The minimum atomic E-state index is -0.908. The van der Waals surface area contributed by atoms with Gasteiger partial charge in [0.05, 0.1) is 5.56 Å². The van der Waals surface area contributed by atoms with Crippen LogP contribution in [0.15, 0.2) is 24.3 Å². The van der Waals surface area contributed by atoms with Gasteiger partial charge in [-0.2, -0.15) is 0 Å². The van der Waals surface area contributed by atoms with Crippen LogP contribution in [0, 0.1) is 12.3 Å². The van der Waals surface area contributed by atoms with E-state index in [4.69, 9.17) is 4.74 Å². The summed E-state index contributed by atoms with van der Waals surface area (Å²) in [4.78, 5) is 24.2. The molecule has 0 aromatic heterocycles. The Labute approximate surface area is 131 Å². The van der Waals surface area contributed by atoms with Crippen LogP contribution in [0.5, 0.6) is 0 Å². The van der Waals surface area contributed by atoms with Gasteiger partial charge in [0.25, 0.3) is 0 Å². The minimum Gasteiger partial charge on any atom is -0.481 e. The van der Waals surface area contributed by atoms with Gasteiger partial charge >= 0.3 is 11.9 Å². The second-order valence-corrected chi connectivity index (χ2v) is 6.17. The molecule has 2 atom stereocenters. The van der Waals surface area contributed by atoms with Gasteiger partial charge in [0.15, 0.2) is 0 Å². The topological polar surface area (TPSA) is 63.6 Å². The Bertz CT molecular complexity index is 552. The molecule has 120 valence electrons. The summed E-state index contributed by atoms with van der Waals surface area (Å²) in [5, 5.41) is 9.71. The second kappa shape index (κ2) is 6.95. The summed E-state index contributed by atoms with van der Waals surface area (Å²) in [6.07, 6.45) is 3.84. The van der Waals surface area contributed by atoms with Crippen LogP contribution in [-0.2, 0) is 9.53 Å². The summed E-state index contributed by atoms with van der Waals surface area (Å²) < 4.78 is 5.63. The summed E-state index contributed by atoms with van der Waals surface area (Å²) in [5.74, 6) is -1.24. The number of carboxylic acid groups (broad SMARTS) is 1. The van der Waals surface area contributed by atoms with Crippen molar-refractivity contribution in [3.8, 4) is 0 Å². The van der Waals surface area contributed by atoms with E-state index in [1.165, 1.54) is 0 Å². The number of aliphatic carboxylic acids is 1. The number of carbonyl (C=O) groups is 2. The molecule has 1 fully saturated rings. The first-order valence-electron chi connectivity index (χ1n) is 8.01. The van der Waals surface area contributed by atoms with Crippen LogP contribution in [0.3, 0.4) is 0 Å². The minimum absolute atomic E-state index is 0.410. The number of hydrogen-bond donors (Lipinski definition) is 1. The molecule has 0 heterocycles. The molecule has 0 radical (unpaired) electrons. The number of benzene rings is 1. The lowest BCUT2D eigenvalue weighted by Gasteiger charge is -2.31. The van der Waals surface area contributed by atoms with Crippen molar-refractivity contribution in [3.05, 3.63) is 35.4 Å². The standard InChI is InChI=1S/C18H24O4/c1-3-4-11-18(17(20)21)12-7-10-15(18)22-16(19)14-9-6-5-8-13(14)2/h5-6,8-9,15H,3-4,7,10-12H2,1-2H3,(H,20,21). The summed E-state index contributed by atoms with van der Waals surface area (Å²) in [7, 11) is 0. The summed E-state index contributed by atoms with van der Waals surface area (Å²) in [6.45, 7) is 3.89. The normalized spacial score (nSPS) is 24.2. The van der Waals surface area contributed by atoms with Gasteiger partial charge in [-0.05, 0) is 44.2 Å². The van der Waals surface area contributed by atoms with E-state index in [-0.39, 0.29) is 0 Å². The first kappa shape index (κ1) is 16.5. The third-order valence-corrected chi connectivity index (χ3v) is 4.72. The van der Waals surface area contributed by atoms with E-state index >= 15 is 0 Å². The van der Waals surface area contributed by atoms with Gasteiger partial charge in [0, 0.05) is 0 Å². The number of esters is 1. The van der Waals surface area contributed by atoms with Crippen molar-refractivity contribution in [1.29, 1.82) is 0 Å². The van der Waals surface area contributed by atoms with E-state index in [1.54, 1.807) is 12.1 Å². The molecule has 2 unspecified atom stereocenters. The number of aryl methyl sites for hydroxylation is 1. The van der Waals surface area contributed by atoms with Crippen molar-refractivity contribution < 1.29 is 19.4 Å². The number of carbonyl (C=O) groups excluding carboxylic acids is 1. The van der Waals surface area contributed by atoms with E-state index < -0.39 is 23.5 Å². The van der Waals surface area contributed by atoms with Gasteiger partial charge in [0.2, 0.25) is 0 Å². The molecule has 1 aromatic carbocycles. The Kier molecular flexibility index (Phi) is 5.22. The van der Waals surface area contributed by atoms with Crippen LogP contribution in [0.25, 0.3) is 0 Å². The third kappa shape index (κ3) is 3.16. The second-order valence-electron chi connectivity index (χ2n) is 6.17. The van der Waals surface area contributed by atoms with E-state index in [2.05, 4.69) is 0 Å². The quantitative estimate of drug-likeness (QED) is 0.808. The van der Waals surface area contributed by atoms with Crippen LogP contribution >= 0.6 is 0 Å². The molecular formula is C18H24O4. The largest absolute Gasteiger partial charge is 0.481 e. The number of ether oxygens (including phenoxy) is 1. The zero-order chi connectivity index (χ0) is 16.2. The van der Waals surface area contributed by atoms with Gasteiger partial charge in [-0.25, -0.2) is 4.79 Å². The molecule has 2 rings (SSSR count). The van der Waals surface area contributed by atoms with E-state index in [1.807, 2.05) is 26.0 Å². The fourth-order valence-corrected chi connectivity index (χ4v) is 3.34. The fraction of sp³-hybridized carbons (Fsp3) is 0.556. The molecule has 4 nitrogen and oxygen atoms in total. The molecule has 0 spiro atoms. The highest BCUT2D eigenvalue weighted by Crippen LogP contribution is 2.45. The van der Waals surface area contributed by atoms with Gasteiger partial charge in [-0.1, -0.05) is 38.0 Å². The molecule has 1 saturated carbocycles. The van der Waals surface area contributed by atoms with Crippen molar-refractivity contribution in [2.24, 2.45) is 5.41 Å². The van der Waals surface area contributed by atoms with Crippen LogP contribution < -0.4 is 0 Å². The van der Waals surface area contributed by atoms with Crippen LogP contribution in [0.1, 0.15) is 61.4 Å². The molecular weight excluding hydrogens is 280 g/mol. The molecule has 0 amide bonds. The SMILES string of the molecule is CCCCC1(C(=O)O)CCCC1OC(=O)c1ccccc1C. The third-order valence-electron chi connectivity index (χ3n) is 4.72. The highest BCUT2D eigenvalue weighted by atomic mass is 16.5.